The summed E-state index contributed by atoms with van der Waals surface area (Å²) in [6.45, 7) is 6.21. The van der Waals surface area contributed by atoms with Crippen LogP contribution in [-0.4, -0.2) is 11.2 Å². The van der Waals surface area contributed by atoms with Gasteiger partial charge >= 0.3 is 0 Å². The number of aliphatic hydroxyl groups excluding tert-OH is 1. The van der Waals surface area contributed by atoms with Crippen molar-refractivity contribution in [3.05, 3.63) is 0 Å². The number of hydrogen-bond donors (Lipinski definition) is 1. The van der Waals surface area contributed by atoms with Crippen LogP contribution in [0.15, 0.2) is 0 Å². The number of aliphatic hydroxyl groups is 1. The topological polar surface area (TPSA) is 20.2 Å². The van der Waals surface area contributed by atoms with Gasteiger partial charge in [0.1, 0.15) is 0 Å². The summed E-state index contributed by atoms with van der Waals surface area (Å²) >= 11 is 0. The van der Waals surface area contributed by atoms with E-state index in [1.165, 1.54) is 12.8 Å². The third-order valence-electron chi connectivity index (χ3n) is 1.83. The van der Waals surface area contributed by atoms with Gasteiger partial charge in [0, 0.05) is 0 Å². The van der Waals surface area contributed by atoms with Crippen LogP contribution in [0, 0.1) is 5.92 Å². The molecule has 0 aliphatic carbocycles. The summed E-state index contributed by atoms with van der Waals surface area (Å²) in [6, 6.07) is 0. The molecule has 0 fully saturated rings. The highest BCUT2D eigenvalue weighted by Gasteiger charge is 2.05. The minimum absolute atomic E-state index is 0.116. The molecule has 1 N–H and O–H groups in total. The molecule has 1 atom stereocenters. The van der Waals surface area contributed by atoms with Gasteiger partial charge in [0.2, 0.25) is 0 Å². The highest BCUT2D eigenvalue weighted by molar-refractivity contribution is 4.57. The maximum Gasteiger partial charge on any atom is 0.0514 e. The molecule has 0 saturated heterocycles. The standard InChI is InChI=1S/C8H18O/c1-4-8(5-2)6-7(3)9/h7-9H,4-6H2,1-3H3. The molecule has 0 bridgehead atoms. The Morgan fingerprint density at radius 2 is 1.67 bits per heavy atom. The molecule has 9 heavy (non-hydrogen) atoms. The molecule has 0 rings (SSSR count). The Balaban J connectivity index is 3.31. The van der Waals surface area contributed by atoms with Gasteiger partial charge in [-0.2, -0.15) is 0 Å². The monoisotopic (exact) mass is 130 g/mol. The molecule has 0 aromatic heterocycles. The molecule has 0 aromatic carbocycles. The van der Waals surface area contributed by atoms with Gasteiger partial charge in [0.25, 0.3) is 0 Å². The van der Waals surface area contributed by atoms with E-state index in [0.717, 1.165) is 12.3 Å². The van der Waals surface area contributed by atoms with Crippen molar-refractivity contribution < 1.29 is 5.11 Å². The molecule has 0 aliphatic heterocycles. The molecule has 1 unspecified atom stereocenters. The maximum absolute atomic E-state index is 8.98. The first kappa shape index (κ1) is 8.96. The van der Waals surface area contributed by atoms with Crippen molar-refractivity contribution >= 4 is 0 Å². The van der Waals surface area contributed by atoms with Crippen molar-refractivity contribution in [2.24, 2.45) is 5.92 Å². The van der Waals surface area contributed by atoms with Gasteiger partial charge in [0.15, 0.2) is 0 Å². The molecule has 0 aromatic rings. The molecule has 0 radical (unpaired) electrons. The second kappa shape index (κ2) is 4.80. The van der Waals surface area contributed by atoms with E-state index in [1.807, 2.05) is 6.92 Å². The molecule has 0 saturated carbocycles. The van der Waals surface area contributed by atoms with Crippen LogP contribution in [0.1, 0.15) is 40.0 Å². The van der Waals surface area contributed by atoms with Crippen LogP contribution >= 0.6 is 0 Å². The SMILES string of the molecule is CCC(CC)CC(C)O. The second-order valence-corrected chi connectivity index (χ2v) is 2.77. The Hall–Kier alpha value is -0.0400. The van der Waals surface area contributed by atoms with Crippen molar-refractivity contribution in [1.82, 2.24) is 0 Å². The number of hydrogen-bond acceptors (Lipinski definition) is 1. The van der Waals surface area contributed by atoms with Crippen LogP contribution in [0.2, 0.25) is 0 Å². The first-order valence-corrected chi connectivity index (χ1v) is 3.88. The summed E-state index contributed by atoms with van der Waals surface area (Å²) < 4.78 is 0. The van der Waals surface area contributed by atoms with E-state index >= 15 is 0 Å². The largest absolute Gasteiger partial charge is 0.393 e. The predicted molar refractivity (Wildman–Crippen MR) is 40.4 cm³/mol. The molecule has 0 heterocycles. The van der Waals surface area contributed by atoms with Crippen LogP contribution in [0.4, 0.5) is 0 Å². The van der Waals surface area contributed by atoms with Crippen LogP contribution < -0.4 is 0 Å². The lowest BCUT2D eigenvalue weighted by molar-refractivity contribution is 0.157. The normalized spacial score (nSPS) is 14.3. The van der Waals surface area contributed by atoms with Gasteiger partial charge < -0.3 is 5.11 Å². The Labute approximate surface area is 58.1 Å². The Morgan fingerprint density at radius 1 is 1.22 bits per heavy atom. The fraction of sp³-hybridized carbons (Fsp3) is 1.00. The van der Waals surface area contributed by atoms with Crippen molar-refractivity contribution in [1.29, 1.82) is 0 Å². The van der Waals surface area contributed by atoms with Crippen LogP contribution in [0.25, 0.3) is 0 Å². The molecule has 0 amide bonds. The highest BCUT2D eigenvalue weighted by Crippen LogP contribution is 2.13. The van der Waals surface area contributed by atoms with Crippen LogP contribution in [0.3, 0.4) is 0 Å². The van der Waals surface area contributed by atoms with Crippen LogP contribution in [0.5, 0.6) is 0 Å². The van der Waals surface area contributed by atoms with Gasteiger partial charge in [-0.15, -0.1) is 0 Å². The van der Waals surface area contributed by atoms with E-state index in [1.54, 1.807) is 0 Å². The lowest BCUT2D eigenvalue weighted by Gasteiger charge is -2.12. The van der Waals surface area contributed by atoms with Crippen molar-refractivity contribution in [2.45, 2.75) is 46.1 Å². The van der Waals surface area contributed by atoms with E-state index in [0.29, 0.717) is 0 Å². The Kier molecular flexibility index (Phi) is 4.78. The third kappa shape index (κ3) is 4.46. The van der Waals surface area contributed by atoms with E-state index in [4.69, 9.17) is 5.11 Å². The summed E-state index contributed by atoms with van der Waals surface area (Å²) in [6.07, 6.45) is 3.24. The smallest absolute Gasteiger partial charge is 0.0514 e. The van der Waals surface area contributed by atoms with E-state index in [2.05, 4.69) is 13.8 Å². The minimum atomic E-state index is -0.116. The Morgan fingerprint density at radius 3 is 1.78 bits per heavy atom. The van der Waals surface area contributed by atoms with Crippen molar-refractivity contribution in [2.75, 3.05) is 0 Å². The summed E-state index contributed by atoms with van der Waals surface area (Å²) in [4.78, 5) is 0. The molecule has 0 spiro atoms. The van der Waals surface area contributed by atoms with Gasteiger partial charge in [-0.1, -0.05) is 26.7 Å². The Bertz CT molecular complexity index is 55.6. The quantitative estimate of drug-likeness (QED) is 0.618. The first-order chi connectivity index (χ1) is 4.20. The molecular weight excluding hydrogens is 112 g/mol. The zero-order chi connectivity index (χ0) is 7.28. The third-order valence-corrected chi connectivity index (χ3v) is 1.83. The van der Waals surface area contributed by atoms with E-state index in [-0.39, 0.29) is 6.10 Å². The molecule has 1 heteroatoms. The average molecular weight is 130 g/mol. The summed E-state index contributed by atoms with van der Waals surface area (Å²) in [5, 5.41) is 8.98. The van der Waals surface area contributed by atoms with Crippen LogP contribution in [-0.2, 0) is 0 Å². The first-order valence-electron chi connectivity index (χ1n) is 3.88. The lowest BCUT2D eigenvalue weighted by Crippen LogP contribution is -2.07. The summed E-state index contributed by atoms with van der Waals surface area (Å²) in [5.41, 5.74) is 0. The number of rotatable bonds is 4. The zero-order valence-electron chi connectivity index (χ0n) is 6.72. The molecule has 0 aliphatic rings. The summed E-state index contributed by atoms with van der Waals surface area (Å²) in [5.74, 6) is 0.727. The van der Waals surface area contributed by atoms with Gasteiger partial charge in [-0.05, 0) is 19.3 Å². The predicted octanol–water partition coefficient (Wildman–Crippen LogP) is 2.19. The van der Waals surface area contributed by atoms with Crippen molar-refractivity contribution in [3.63, 3.8) is 0 Å². The molecule has 56 valence electrons. The maximum atomic E-state index is 8.98. The van der Waals surface area contributed by atoms with E-state index < -0.39 is 0 Å². The average Bonchev–Trinajstić information content (AvgIpc) is 1.82. The fourth-order valence-corrected chi connectivity index (χ4v) is 1.10. The van der Waals surface area contributed by atoms with Gasteiger partial charge in [-0.3, -0.25) is 0 Å². The zero-order valence-corrected chi connectivity index (χ0v) is 6.72. The molecule has 1 nitrogen and oxygen atoms in total. The van der Waals surface area contributed by atoms with E-state index in [9.17, 15) is 0 Å². The molecular formula is C8H18O. The highest BCUT2D eigenvalue weighted by atomic mass is 16.3. The minimum Gasteiger partial charge on any atom is -0.393 e. The summed E-state index contributed by atoms with van der Waals surface area (Å²) in [7, 11) is 0. The van der Waals surface area contributed by atoms with Gasteiger partial charge in [0.05, 0.1) is 6.10 Å². The fourth-order valence-electron chi connectivity index (χ4n) is 1.10. The second-order valence-electron chi connectivity index (χ2n) is 2.77. The lowest BCUT2D eigenvalue weighted by atomic mass is 9.97. The van der Waals surface area contributed by atoms with Crippen molar-refractivity contribution in [3.8, 4) is 0 Å². The van der Waals surface area contributed by atoms with Gasteiger partial charge in [-0.25, -0.2) is 0 Å².